The second-order valence-electron chi connectivity index (χ2n) is 6.45. The number of halogens is 1. The summed E-state index contributed by atoms with van der Waals surface area (Å²) in [5.41, 5.74) is 5.95. The van der Waals surface area contributed by atoms with Crippen LogP contribution < -0.4 is 5.73 Å². The van der Waals surface area contributed by atoms with E-state index in [1.165, 1.54) is 6.07 Å². The van der Waals surface area contributed by atoms with Crippen LogP contribution >= 0.6 is 0 Å². The highest BCUT2D eigenvalue weighted by molar-refractivity contribution is 5.99. The molecule has 1 unspecified atom stereocenters. The summed E-state index contributed by atoms with van der Waals surface area (Å²) < 4.78 is 25.3. The lowest BCUT2D eigenvalue weighted by molar-refractivity contribution is -0.000554. The number of nitrogen functional groups attached to an aromatic ring is 1. The summed E-state index contributed by atoms with van der Waals surface area (Å²) in [5.74, 6) is 0.113. The number of aromatic nitrogens is 2. The van der Waals surface area contributed by atoms with Gasteiger partial charge in [-0.1, -0.05) is 18.2 Å². The Bertz CT molecular complexity index is 1030. The minimum atomic E-state index is -1.15. The third-order valence-electron chi connectivity index (χ3n) is 4.41. The quantitative estimate of drug-likeness (QED) is 0.726. The van der Waals surface area contributed by atoms with Crippen LogP contribution in [-0.4, -0.2) is 15.9 Å². The summed E-state index contributed by atoms with van der Waals surface area (Å²) in [6.45, 7) is 3.47. The van der Waals surface area contributed by atoms with Crippen molar-refractivity contribution in [1.29, 1.82) is 0 Å². The first kappa shape index (κ1) is 16.3. The molecule has 0 amide bonds. The van der Waals surface area contributed by atoms with Crippen LogP contribution in [0.3, 0.4) is 0 Å². The average Bonchev–Trinajstić information content (AvgIpc) is 3.11. The summed E-state index contributed by atoms with van der Waals surface area (Å²) in [4.78, 5) is 21.0. The lowest BCUT2D eigenvalue weighted by atomic mass is 9.91. The lowest BCUT2D eigenvalue weighted by Crippen LogP contribution is -2.27. The van der Waals surface area contributed by atoms with E-state index >= 15 is 0 Å². The van der Waals surface area contributed by atoms with Crippen molar-refractivity contribution in [3.8, 4) is 11.5 Å². The van der Waals surface area contributed by atoms with E-state index in [0.717, 1.165) is 0 Å². The van der Waals surface area contributed by atoms with Crippen LogP contribution in [-0.2, 0) is 16.8 Å². The number of cyclic esters (lactones) is 1. The number of carbonyl (C=O) groups is 1. The molecule has 1 aliphatic heterocycles. The van der Waals surface area contributed by atoms with Gasteiger partial charge in [-0.25, -0.2) is 19.2 Å². The smallest absolute Gasteiger partial charge is 0.343 e. The van der Waals surface area contributed by atoms with Crippen LogP contribution in [0.25, 0.3) is 11.5 Å². The second-order valence-corrected chi connectivity index (χ2v) is 6.45. The monoisotopic (exact) mass is 353 g/mol. The Morgan fingerprint density at radius 1 is 1.19 bits per heavy atom. The van der Waals surface area contributed by atoms with Gasteiger partial charge in [0.2, 0.25) is 5.95 Å². The van der Waals surface area contributed by atoms with Gasteiger partial charge < -0.3 is 14.9 Å². The van der Waals surface area contributed by atoms with Gasteiger partial charge in [0, 0.05) is 6.42 Å². The number of anilines is 1. The predicted molar refractivity (Wildman–Crippen MR) is 91.8 cm³/mol. The van der Waals surface area contributed by atoms with Gasteiger partial charge in [-0.15, -0.1) is 0 Å². The van der Waals surface area contributed by atoms with E-state index < -0.39 is 11.6 Å². The maximum absolute atomic E-state index is 14.1. The van der Waals surface area contributed by atoms with E-state index in [4.69, 9.17) is 14.9 Å². The van der Waals surface area contributed by atoms with E-state index in [1.807, 2.05) is 0 Å². The first-order chi connectivity index (χ1) is 12.4. The van der Waals surface area contributed by atoms with Crippen molar-refractivity contribution in [3.05, 3.63) is 64.8 Å². The van der Waals surface area contributed by atoms with E-state index in [-0.39, 0.29) is 29.4 Å². The molecule has 2 N–H and O–H groups in total. The summed E-state index contributed by atoms with van der Waals surface area (Å²) in [5, 5.41) is 0. The molecule has 26 heavy (non-hydrogen) atoms. The maximum Gasteiger partial charge on any atom is 0.343 e. The van der Waals surface area contributed by atoms with E-state index in [0.29, 0.717) is 22.8 Å². The molecule has 0 spiro atoms. The van der Waals surface area contributed by atoms with Crippen molar-refractivity contribution in [3.63, 3.8) is 0 Å². The molecule has 7 heteroatoms. The first-order valence-corrected chi connectivity index (χ1v) is 8.09. The van der Waals surface area contributed by atoms with Crippen molar-refractivity contribution in [1.82, 2.24) is 9.97 Å². The summed E-state index contributed by atoms with van der Waals surface area (Å²) in [6, 6.07) is 9.81. The molecular formula is C19H16FN3O3. The molecule has 0 saturated heterocycles. The van der Waals surface area contributed by atoms with Crippen LogP contribution in [0.4, 0.5) is 10.3 Å². The SMILES string of the molecule is Cc1ccc(-c2nc(N)nc3c2C(=O)OC3(C)Cc2ccccc2F)o1. The standard InChI is InChI=1S/C19H16FN3O3/c1-10-7-8-13(25-10)15-14-16(23-18(21)22-15)19(2,26-17(14)24)9-11-5-3-4-6-12(11)20/h3-8H,9H2,1-2H3,(H2,21,22,23). The van der Waals surface area contributed by atoms with Crippen molar-refractivity contribution < 1.29 is 18.3 Å². The van der Waals surface area contributed by atoms with Crippen LogP contribution in [0.2, 0.25) is 0 Å². The number of nitrogens with two attached hydrogens (primary N) is 1. The van der Waals surface area contributed by atoms with Crippen LogP contribution in [0.5, 0.6) is 0 Å². The highest BCUT2D eigenvalue weighted by atomic mass is 19.1. The number of hydrogen-bond donors (Lipinski definition) is 1. The highest BCUT2D eigenvalue weighted by Crippen LogP contribution is 2.42. The van der Waals surface area contributed by atoms with E-state index in [9.17, 15) is 9.18 Å². The van der Waals surface area contributed by atoms with Crippen molar-refractivity contribution in [2.75, 3.05) is 5.73 Å². The van der Waals surface area contributed by atoms with E-state index in [2.05, 4.69) is 9.97 Å². The summed E-state index contributed by atoms with van der Waals surface area (Å²) in [7, 11) is 0. The molecule has 3 heterocycles. The molecule has 0 radical (unpaired) electrons. The third kappa shape index (κ3) is 2.52. The summed E-state index contributed by atoms with van der Waals surface area (Å²) >= 11 is 0. The highest BCUT2D eigenvalue weighted by Gasteiger charge is 2.46. The Labute approximate surface area is 148 Å². The van der Waals surface area contributed by atoms with Gasteiger partial charge in [0.05, 0.1) is 0 Å². The molecule has 0 saturated carbocycles. The number of furan rings is 1. The molecular weight excluding hydrogens is 337 g/mol. The fourth-order valence-corrected chi connectivity index (χ4v) is 3.22. The Morgan fingerprint density at radius 3 is 2.65 bits per heavy atom. The zero-order chi connectivity index (χ0) is 18.5. The molecule has 1 aromatic carbocycles. The minimum absolute atomic E-state index is 0.00846. The van der Waals surface area contributed by atoms with Gasteiger partial charge in [-0.3, -0.25) is 0 Å². The Morgan fingerprint density at radius 2 is 1.96 bits per heavy atom. The van der Waals surface area contributed by atoms with Crippen molar-refractivity contribution in [2.45, 2.75) is 25.9 Å². The number of ether oxygens (including phenoxy) is 1. The predicted octanol–water partition coefficient (Wildman–Crippen LogP) is 3.39. The first-order valence-electron chi connectivity index (χ1n) is 8.09. The number of carbonyl (C=O) groups excluding carboxylic acids is 1. The van der Waals surface area contributed by atoms with Crippen LogP contribution in [0, 0.1) is 12.7 Å². The number of esters is 1. The molecule has 3 aromatic rings. The molecule has 0 fully saturated rings. The zero-order valence-electron chi connectivity index (χ0n) is 14.2. The Hall–Kier alpha value is -3.22. The number of fused-ring (bicyclic) bond motifs is 1. The number of rotatable bonds is 3. The summed E-state index contributed by atoms with van der Waals surface area (Å²) in [6.07, 6.45) is 0.130. The maximum atomic E-state index is 14.1. The van der Waals surface area contributed by atoms with Gasteiger partial charge in [-0.05, 0) is 37.6 Å². The van der Waals surface area contributed by atoms with Crippen molar-refractivity contribution >= 4 is 11.9 Å². The molecule has 1 aliphatic rings. The topological polar surface area (TPSA) is 91.2 Å². The third-order valence-corrected chi connectivity index (χ3v) is 4.41. The van der Waals surface area contributed by atoms with Gasteiger partial charge in [0.15, 0.2) is 11.4 Å². The number of nitrogens with zero attached hydrogens (tertiary/aromatic N) is 2. The second kappa shape index (κ2) is 5.66. The molecule has 132 valence electrons. The average molecular weight is 353 g/mol. The number of hydrogen-bond acceptors (Lipinski definition) is 6. The number of aryl methyl sites for hydroxylation is 1. The van der Waals surface area contributed by atoms with Crippen LogP contribution in [0.15, 0.2) is 40.8 Å². The van der Waals surface area contributed by atoms with Gasteiger partial charge in [0.1, 0.15) is 28.5 Å². The molecule has 0 bridgehead atoms. The minimum Gasteiger partial charge on any atom is -0.460 e. The van der Waals surface area contributed by atoms with Crippen molar-refractivity contribution in [2.24, 2.45) is 0 Å². The molecule has 4 rings (SSSR count). The Balaban J connectivity index is 1.86. The van der Waals surface area contributed by atoms with Gasteiger partial charge in [0.25, 0.3) is 0 Å². The lowest BCUT2D eigenvalue weighted by Gasteiger charge is -2.23. The molecule has 2 aromatic heterocycles. The zero-order valence-corrected chi connectivity index (χ0v) is 14.2. The molecule has 6 nitrogen and oxygen atoms in total. The fourth-order valence-electron chi connectivity index (χ4n) is 3.22. The normalized spacial score (nSPS) is 18.7. The van der Waals surface area contributed by atoms with Gasteiger partial charge in [-0.2, -0.15) is 0 Å². The largest absolute Gasteiger partial charge is 0.460 e. The Kier molecular flexibility index (Phi) is 3.54. The van der Waals surface area contributed by atoms with E-state index in [1.54, 1.807) is 44.2 Å². The van der Waals surface area contributed by atoms with Crippen LogP contribution in [0.1, 0.15) is 34.3 Å². The molecule has 0 aliphatic carbocycles. The molecule has 1 atom stereocenters. The fraction of sp³-hybridized carbons (Fsp3) is 0.211. The van der Waals surface area contributed by atoms with Gasteiger partial charge >= 0.3 is 5.97 Å². The number of benzene rings is 1.